The zero-order chi connectivity index (χ0) is 12.0. The predicted octanol–water partition coefficient (Wildman–Crippen LogP) is 3.30. The molecule has 1 unspecified atom stereocenters. The van der Waals surface area contributed by atoms with Crippen molar-refractivity contribution < 1.29 is 4.74 Å². The number of benzene rings is 1. The summed E-state index contributed by atoms with van der Waals surface area (Å²) in [7, 11) is 0. The highest BCUT2D eigenvalue weighted by atomic mass is 127. The second-order valence-corrected chi connectivity index (χ2v) is 5.68. The van der Waals surface area contributed by atoms with E-state index in [0.29, 0.717) is 5.92 Å². The van der Waals surface area contributed by atoms with Gasteiger partial charge in [0, 0.05) is 10.1 Å². The molecule has 0 bridgehead atoms. The van der Waals surface area contributed by atoms with Crippen LogP contribution in [-0.2, 0) is 0 Å². The van der Waals surface area contributed by atoms with E-state index >= 15 is 0 Å². The maximum atomic E-state index is 5.81. The van der Waals surface area contributed by atoms with Crippen molar-refractivity contribution in [3.63, 3.8) is 0 Å². The van der Waals surface area contributed by atoms with E-state index in [-0.39, 0.29) is 6.10 Å². The van der Waals surface area contributed by atoms with Crippen LogP contribution in [-0.4, -0.2) is 19.2 Å². The molecule has 1 aromatic rings. The Morgan fingerprint density at radius 1 is 1.25 bits per heavy atom. The summed E-state index contributed by atoms with van der Waals surface area (Å²) in [6, 6.07) is 8.14. The van der Waals surface area contributed by atoms with Crippen molar-refractivity contribution >= 4 is 22.6 Å². The Bertz CT molecular complexity index is 315. The third kappa shape index (κ3) is 5.70. The van der Waals surface area contributed by atoms with Gasteiger partial charge in [-0.1, -0.05) is 19.9 Å². The second-order valence-electron chi connectivity index (χ2n) is 4.44. The fourth-order valence-electron chi connectivity index (χ4n) is 1.39. The molecule has 0 saturated heterocycles. The minimum Gasteiger partial charge on any atom is -0.489 e. The Kier molecular flexibility index (Phi) is 6.13. The standard InChI is InChI=1S/C13H20INO/c1-10(2)8-15-9-11(3)16-13-6-4-5-12(14)7-13/h4-7,10-11,15H,8-9H2,1-3H3. The molecule has 3 heteroatoms. The van der Waals surface area contributed by atoms with Gasteiger partial charge >= 0.3 is 0 Å². The summed E-state index contributed by atoms with van der Waals surface area (Å²) in [4.78, 5) is 0. The van der Waals surface area contributed by atoms with Gasteiger partial charge < -0.3 is 10.1 Å². The van der Waals surface area contributed by atoms with Crippen LogP contribution in [0.5, 0.6) is 5.75 Å². The predicted molar refractivity (Wildman–Crippen MR) is 77.0 cm³/mol. The molecule has 16 heavy (non-hydrogen) atoms. The lowest BCUT2D eigenvalue weighted by molar-refractivity contribution is 0.215. The maximum absolute atomic E-state index is 5.81. The van der Waals surface area contributed by atoms with E-state index < -0.39 is 0 Å². The molecule has 2 nitrogen and oxygen atoms in total. The second kappa shape index (κ2) is 7.12. The van der Waals surface area contributed by atoms with Crippen molar-refractivity contribution in [3.05, 3.63) is 27.8 Å². The van der Waals surface area contributed by atoms with Crippen molar-refractivity contribution in [1.82, 2.24) is 5.32 Å². The summed E-state index contributed by atoms with van der Waals surface area (Å²) < 4.78 is 7.02. The molecular formula is C13H20INO. The van der Waals surface area contributed by atoms with Crippen molar-refractivity contribution in [2.75, 3.05) is 13.1 Å². The van der Waals surface area contributed by atoms with E-state index in [2.05, 4.69) is 60.8 Å². The first-order valence-electron chi connectivity index (χ1n) is 5.71. The molecule has 0 aliphatic carbocycles. The highest BCUT2D eigenvalue weighted by Gasteiger charge is 2.04. The molecule has 0 aliphatic heterocycles. The van der Waals surface area contributed by atoms with E-state index in [1.54, 1.807) is 0 Å². The minimum atomic E-state index is 0.206. The highest BCUT2D eigenvalue weighted by molar-refractivity contribution is 14.1. The fraction of sp³-hybridized carbons (Fsp3) is 0.538. The maximum Gasteiger partial charge on any atom is 0.120 e. The smallest absolute Gasteiger partial charge is 0.120 e. The van der Waals surface area contributed by atoms with E-state index in [0.717, 1.165) is 18.8 Å². The topological polar surface area (TPSA) is 21.3 Å². The Labute approximate surface area is 112 Å². The Morgan fingerprint density at radius 2 is 2.00 bits per heavy atom. The van der Waals surface area contributed by atoms with Gasteiger partial charge in [-0.05, 0) is 60.2 Å². The van der Waals surface area contributed by atoms with Crippen LogP contribution in [0.25, 0.3) is 0 Å². The molecule has 90 valence electrons. The van der Waals surface area contributed by atoms with E-state index in [1.807, 2.05) is 12.1 Å². The van der Waals surface area contributed by atoms with Crippen LogP contribution in [0, 0.1) is 9.49 Å². The molecule has 1 N–H and O–H groups in total. The molecule has 1 rings (SSSR count). The largest absolute Gasteiger partial charge is 0.489 e. The number of ether oxygens (including phenoxy) is 1. The van der Waals surface area contributed by atoms with Gasteiger partial charge in [0.15, 0.2) is 0 Å². The van der Waals surface area contributed by atoms with E-state index in [4.69, 9.17) is 4.74 Å². The van der Waals surface area contributed by atoms with Gasteiger partial charge in [0.25, 0.3) is 0 Å². The third-order valence-corrected chi connectivity index (χ3v) is 2.79. The van der Waals surface area contributed by atoms with Crippen molar-refractivity contribution in [1.29, 1.82) is 0 Å². The SMILES string of the molecule is CC(C)CNCC(C)Oc1cccc(I)c1. The van der Waals surface area contributed by atoms with Gasteiger partial charge in [-0.2, -0.15) is 0 Å². The Hall–Kier alpha value is -0.290. The van der Waals surface area contributed by atoms with Crippen LogP contribution < -0.4 is 10.1 Å². The summed E-state index contributed by atoms with van der Waals surface area (Å²) in [5.74, 6) is 1.63. The van der Waals surface area contributed by atoms with Gasteiger partial charge in [0.2, 0.25) is 0 Å². The van der Waals surface area contributed by atoms with Crippen LogP contribution in [0.2, 0.25) is 0 Å². The number of nitrogens with one attached hydrogen (secondary N) is 1. The minimum absolute atomic E-state index is 0.206. The van der Waals surface area contributed by atoms with Crippen LogP contribution in [0.4, 0.5) is 0 Å². The zero-order valence-corrected chi connectivity index (χ0v) is 12.3. The molecule has 0 radical (unpaired) electrons. The summed E-state index contributed by atoms with van der Waals surface area (Å²) in [6.07, 6.45) is 0.206. The fourth-order valence-corrected chi connectivity index (χ4v) is 1.90. The first kappa shape index (κ1) is 13.8. The van der Waals surface area contributed by atoms with Gasteiger partial charge in [-0.25, -0.2) is 0 Å². The van der Waals surface area contributed by atoms with Crippen LogP contribution >= 0.6 is 22.6 Å². The lowest BCUT2D eigenvalue weighted by Crippen LogP contribution is -2.31. The first-order valence-corrected chi connectivity index (χ1v) is 6.78. The average Bonchev–Trinajstić information content (AvgIpc) is 2.16. The highest BCUT2D eigenvalue weighted by Crippen LogP contribution is 2.15. The van der Waals surface area contributed by atoms with Crippen LogP contribution in [0.15, 0.2) is 24.3 Å². The molecule has 1 atom stereocenters. The number of hydrogen-bond acceptors (Lipinski definition) is 2. The average molecular weight is 333 g/mol. The normalized spacial score (nSPS) is 12.8. The molecule has 0 heterocycles. The summed E-state index contributed by atoms with van der Waals surface area (Å²) in [5, 5.41) is 3.39. The Morgan fingerprint density at radius 3 is 2.62 bits per heavy atom. The van der Waals surface area contributed by atoms with Crippen LogP contribution in [0.1, 0.15) is 20.8 Å². The van der Waals surface area contributed by atoms with Gasteiger partial charge in [-0.15, -0.1) is 0 Å². The van der Waals surface area contributed by atoms with E-state index in [1.165, 1.54) is 3.57 Å². The molecule has 0 fully saturated rings. The lowest BCUT2D eigenvalue weighted by Gasteiger charge is -2.16. The van der Waals surface area contributed by atoms with Gasteiger partial charge in [0.05, 0.1) is 0 Å². The molecule has 0 aromatic heterocycles. The molecule has 1 aromatic carbocycles. The summed E-state index contributed by atoms with van der Waals surface area (Å²) >= 11 is 2.29. The summed E-state index contributed by atoms with van der Waals surface area (Å²) in [6.45, 7) is 8.44. The van der Waals surface area contributed by atoms with Crippen molar-refractivity contribution in [2.24, 2.45) is 5.92 Å². The van der Waals surface area contributed by atoms with Crippen LogP contribution in [0.3, 0.4) is 0 Å². The van der Waals surface area contributed by atoms with Gasteiger partial charge in [-0.3, -0.25) is 0 Å². The van der Waals surface area contributed by atoms with E-state index in [9.17, 15) is 0 Å². The number of halogens is 1. The third-order valence-electron chi connectivity index (χ3n) is 2.12. The molecule has 0 spiro atoms. The van der Waals surface area contributed by atoms with Crippen molar-refractivity contribution in [2.45, 2.75) is 26.9 Å². The first-order chi connectivity index (χ1) is 7.58. The quantitative estimate of drug-likeness (QED) is 0.807. The monoisotopic (exact) mass is 333 g/mol. The zero-order valence-electron chi connectivity index (χ0n) is 10.2. The summed E-state index contributed by atoms with van der Waals surface area (Å²) in [5.41, 5.74) is 0. The molecule has 0 saturated carbocycles. The number of rotatable bonds is 6. The number of hydrogen-bond donors (Lipinski definition) is 1. The van der Waals surface area contributed by atoms with Gasteiger partial charge in [0.1, 0.15) is 11.9 Å². The van der Waals surface area contributed by atoms with Crippen molar-refractivity contribution in [3.8, 4) is 5.75 Å². The molecular weight excluding hydrogens is 313 g/mol. The lowest BCUT2D eigenvalue weighted by atomic mass is 10.2. The molecule has 0 aliphatic rings. The Balaban J connectivity index is 2.31. The molecule has 0 amide bonds.